The number of rotatable bonds is 6. The van der Waals surface area contributed by atoms with E-state index in [9.17, 15) is 9.59 Å². The summed E-state index contributed by atoms with van der Waals surface area (Å²) in [6.07, 6.45) is 0. The third kappa shape index (κ3) is 3.76. The van der Waals surface area contributed by atoms with Crippen LogP contribution in [0.3, 0.4) is 0 Å². The maximum Gasteiger partial charge on any atom is 0.338 e. The lowest BCUT2D eigenvalue weighted by Gasteiger charge is -2.29. The number of carbonyl (C=O) groups is 2. The third-order valence-electron chi connectivity index (χ3n) is 3.39. The number of carbonyl (C=O) groups excluding carboxylic acids is 2. The van der Waals surface area contributed by atoms with Gasteiger partial charge in [0, 0.05) is 10.6 Å². The molecule has 0 radical (unpaired) electrons. The molecule has 0 fully saturated rings. The first-order chi connectivity index (χ1) is 11.6. The first-order valence-electron chi connectivity index (χ1n) is 7.23. The summed E-state index contributed by atoms with van der Waals surface area (Å²) in [6.45, 7) is 1.70. The molecule has 0 bridgehead atoms. The van der Waals surface area contributed by atoms with Gasteiger partial charge in [-0.25, -0.2) is 9.59 Å². The molecular weight excluding hydrogens is 314 g/mol. The number of benzene rings is 1. The molecule has 1 aromatic rings. The largest absolute Gasteiger partial charge is 0.497 e. The summed E-state index contributed by atoms with van der Waals surface area (Å²) in [7, 11) is 1.54. The van der Waals surface area contributed by atoms with Crippen molar-refractivity contribution in [2.24, 2.45) is 5.11 Å². The SMILES string of the molecule is CCOC(=O)C1=C(CN=[N+]=[N-])NC(=O)NC1c1ccc(OC)cc1. The Bertz CT molecular complexity index is 707. The molecule has 0 aromatic heterocycles. The van der Waals surface area contributed by atoms with Gasteiger partial charge < -0.3 is 20.1 Å². The fraction of sp³-hybridized carbons (Fsp3) is 0.333. The smallest absolute Gasteiger partial charge is 0.338 e. The number of nitrogens with zero attached hydrogens (tertiary/aromatic N) is 3. The minimum absolute atomic E-state index is 0.162. The van der Waals surface area contributed by atoms with E-state index in [0.29, 0.717) is 11.3 Å². The number of esters is 1. The highest BCUT2D eigenvalue weighted by Crippen LogP contribution is 2.29. The molecule has 1 unspecified atom stereocenters. The average Bonchev–Trinajstić information content (AvgIpc) is 2.59. The van der Waals surface area contributed by atoms with E-state index < -0.39 is 18.0 Å². The van der Waals surface area contributed by atoms with Crippen LogP contribution in [-0.2, 0) is 9.53 Å². The van der Waals surface area contributed by atoms with Gasteiger partial charge >= 0.3 is 12.0 Å². The minimum atomic E-state index is -0.715. The highest BCUT2D eigenvalue weighted by atomic mass is 16.5. The molecule has 0 spiro atoms. The predicted octanol–water partition coefficient (Wildman–Crippen LogP) is 2.18. The number of azide groups is 1. The van der Waals surface area contributed by atoms with E-state index in [1.807, 2.05) is 0 Å². The van der Waals surface area contributed by atoms with Crippen molar-refractivity contribution in [1.29, 1.82) is 0 Å². The third-order valence-corrected chi connectivity index (χ3v) is 3.39. The molecule has 2 N–H and O–H groups in total. The summed E-state index contributed by atoms with van der Waals surface area (Å²) in [5.74, 6) is 0.0592. The quantitative estimate of drug-likeness (QED) is 0.358. The molecule has 2 rings (SSSR count). The number of amides is 2. The van der Waals surface area contributed by atoms with Gasteiger partial charge in [-0.15, -0.1) is 0 Å². The van der Waals surface area contributed by atoms with Crippen LogP contribution in [0, 0.1) is 0 Å². The van der Waals surface area contributed by atoms with E-state index in [4.69, 9.17) is 15.0 Å². The summed E-state index contributed by atoms with van der Waals surface area (Å²) in [5, 5.41) is 8.61. The number of hydrogen-bond donors (Lipinski definition) is 2. The number of hydrogen-bond acceptors (Lipinski definition) is 5. The van der Waals surface area contributed by atoms with Crippen molar-refractivity contribution in [3.63, 3.8) is 0 Å². The van der Waals surface area contributed by atoms with Crippen LogP contribution in [0.5, 0.6) is 5.75 Å². The highest BCUT2D eigenvalue weighted by molar-refractivity contribution is 5.95. The Morgan fingerprint density at radius 2 is 2.08 bits per heavy atom. The molecule has 2 amide bonds. The Kier molecular flexibility index (Phi) is 5.64. The fourth-order valence-corrected chi connectivity index (χ4v) is 2.34. The zero-order valence-electron chi connectivity index (χ0n) is 13.3. The van der Waals surface area contributed by atoms with Gasteiger partial charge in [-0.3, -0.25) is 0 Å². The van der Waals surface area contributed by atoms with Gasteiger partial charge in [0.2, 0.25) is 0 Å². The lowest BCUT2D eigenvalue weighted by atomic mass is 9.95. The predicted molar refractivity (Wildman–Crippen MR) is 85.1 cm³/mol. The first kappa shape index (κ1) is 17.2. The van der Waals surface area contributed by atoms with E-state index in [0.717, 1.165) is 0 Å². The van der Waals surface area contributed by atoms with Crippen molar-refractivity contribution in [2.45, 2.75) is 13.0 Å². The van der Waals surface area contributed by atoms with Gasteiger partial charge in [-0.05, 0) is 30.2 Å². The Hall–Kier alpha value is -3.19. The Balaban J connectivity index is 2.48. The van der Waals surface area contributed by atoms with E-state index in [-0.39, 0.29) is 24.4 Å². The van der Waals surface area contributed by atoms with Gasteiger partial charge in [0.05, 0.1) is 31.9 Å². The van der Waals surface area contributed by atoms with Gasteiger partial charge in [0.1, 0.15) is 5.75 Å². The molecule has 0 saturated heterocycles. The molecule has 9 heteroatoms. The lowest BCUT2D eigenvalue weighted by molar-refractivity contribution is -0.139. The Labute approximate surface area is 138 Å². The molecule has 0 aliphatic carbocycles. The second-order valence-electron chi connectivity index (χ2n) is 4.81. The van der Waals surface area contributed by atoms with Gasteiger partial charge in [-0.2, -0.15) is 0 Å². The van der Waals surface area contributed by atoms with Crippen molar-refractivity contribution >= 4 is 12.0 Å². The van der Waals surface area contributed by atoms with Crippen molar-refractivity contribution in [2.75, 3.05) is 20.3 Å². The minimum Gasteiger partial charge on any atom is -0.497 e. The number of ether oxygens (including phenoxy) is 2. The summed E-state index contributed by atoms with van der Waals surface area (Å²) < 4.78 is 10.2. The lowest BCUT2D eigenvalue weighted by Crippen LogP contribution is -2.46. The molecule has 1 aliphatic rings. The van der Waals surface area contributed by atoms with Crippen molar-refractivity contribution < 1.29 is 19.1 Å². The molecule has 126 valence electrons. The molecule has 1 atom stereocenters. The summed E-state index contributed by atoms with van der Waals surface area (Å²) in [6, 6.07) is 5.71. The van der Waals surface area contributed by atoms with E-state index in [1.54, 1.807) is 38.3 Å². The number of nitrogens with one attached hydrogen (secondary N) is 2. The number of methoxy groups -OCH3 is 1. The molecular formula is C15H17N5O4. The van der Waals surface area contributed by atoms with Crippen molar-refractivity contribution in [3.8, 4) is 5.75 Å². The summed E-state index contributed by atoms with van der Waals surface area (Å²) in [4.78, 5) is 26.9. The van der Waals surface area contributed by atoms with E-state index in [1.165, 1.54) is 0 Å². The van der Waals surface area contributed by atoms with Crippen molar-refractivity contribution in [3.05, 3.63) is 51.5 Å². The van der Waals surface area contributed by atoms with Gasteiger partial charge in [0.25, 0.3) is 0 Å². The van der Waals surface area contributed by atoms with Crippen LogP contribution in [-0.4, -0.2) is 32.3 Å². The Morgan fingerprint density at radius 1 is 1.38 bits per heavy atom. The van der Waals surface area contributed by atoms with Crippen LogP contribution < -0.4 is 15.4 Å². The zero-order chi connectivity index (χ0) is 17.5. The first-order valence-corrected chi connectivity index (χ1v) is 7.23. The van der Waals surface area contributed by atoms with E-state index >= 15 is 0 Å². The average molecular weight is 331 g/mol. The maximum atomic E-state index is 12.4. The van der Waals surface area contributed by atoms with Crippen LogP contribution in [0.2, 0.25) is 0 Å². The zero-order valence-corrected chi connectivity index (χ0v) is 13.3. The molecule has 24 heavy (non-hydrogen) atoms. The van der Waals surface area contributed by atoms with Crippen LogP contribution in [0.25, 0.3) is 10.4 Å². The highest BCUT2D eigenvalue weighted by Gasteiger charge is 2.33. The molecule has 0 saturated carbocycles. The topological polar surface area (TPSA) is 125 Å². The van der Waals surface area contributed by atoms with Crippen LogP contribution >= 0.6 is 0 Å². The Morgan fingerprint density at radius 3 is 2.67 bits per heavy atom. The summed E-state index contributed by atoms with van der Waals surface area (Å²) >= 11 is 0. The monoisotopic (exact) mass is 331 g/mol. The fourth-order valence-electron chi connectivity index (χ4n) is 2.34. The standard InChI is InChI=1S/C15H17N5O4/c1-3-24-14(21)12-11(8-17-20-16)18-15(22)19-13(12)9-4-6-10(23-2)7-5-9/h4-7,13H,3,8H2,1-2H3,(H2,18,19,22). The van der Waals surface area contributed by atoms with Crippen LogP contribution in [0.15, 0.2) is 40.6 Å². The second kappa shape index (κ2) is 7.89. The molecule has 1 aliphatic heterocycles. The summed E-state index contributed by atoms with van der Waals surface area (Å²) in [5.41, 5.74) is 9.60. The maximum absolute atomic E-state index is 12.4. The van der Waals surface area contributed by atoms with Crippen LogP contribution in [0.4, 0.5) is 4.79 Å². The van der Waals surface area contributed by atoms with Gasteiger partial charge in [0.15, 0.2) is 0 Å². The molecule has 9 nitrogen and oxygen atoms in total. The van der Waals surface area contributed by atoms with Gasteiger partial charge in [-0.1, -0.05) is 17.2 Å². The second-order valence-corrected chi connectivity index (χ2v) is 4.81. The number of urea groups is 1. The van der Waals surface area contributed by atoms with Crippen LogP contribution in [0.1, 0.15) is 18.5 Å². The van der Waals surface area contributed by atoms with Crippen molar-refractivity contribution in [1.82, 2.24) is 10.6 Å². The molecule has 1 aromatic carbocycles. The van der Waals surface area contributed by atoms with E-state index in [2.05, 4.69) is 20.7 Å². The normalized spacial score (nSPS) is 16.6. The molecule has 1 heterocycles.